The molecule has 6 heteroatoms. The van der Waals surface area contributed by atoms with Gasteiger partial charge >= 0.3 is 0 Å². The third kappa shape index (κ3) is 3.52. The van der Waals surface area contributed by atoms with Crippen molar-refractivity contribution in [2.24, 2.45) is 0 Å². The molecule has 0 aliphatic heterocycles. The molecule has 0 unspecified atom stereocenters. The molecule has 0 saturated carbocycles. The van der Waals surface area contributed by atoms with Gasteiger partial charge in [0, 0.05) is 18.8 Å². The van der Waals surface area contributed by atoms with E-state index in [1.165, 1.54) is 18.3 Å². The molecule has 1 aromatic heterocycles. The Kier molecular flexibility index (Phi) is 4.47. The van der Waals surface area contributed by atoms with Gasteiger partial charge in [-0.25, -0.2) is 13.4 Å². The Balaban J connectivity index is 2.34. The number of rotatable bonds is 5. The van der Waals surface area contributed by atoms with Crippen LogP contribution in [0.5, 0.6) is 0 Å². The number of hydrogen-bond acceptors (Lipinski definition) is 4. The number of hydrogen-bond donors (Lipinski definition) is 2. The molecule has 0 radical (unpaired) electrons. The molecule has 0 atom stereocenters. The summed E-state index contributed by atoms with van der Waals surface area (Å²) >= 11 is 0. The van der Waals surface area contributed by atoms with Crippen LogP contribution in [0.4, 0.5) is 11.5 Å². The van der Waals surface area contributed by atoms with Crippen molar-refractivity contribution in [1.29, 1.82) is 0 Å². The maximum Gasteiger partial charge on any atom is 0.262 e. The van der Waals surface area contributed by atoms with Gasteiger partial charge in [-0.1, -0.05) is 12.1 Å². The highest BCUT2D eigenvalue weighted by Gasteiger charge is 2.16. The van der Waals surface area contributed by atoms with E-state index in [1.807, 2.05) is 32.9 Å². The van der Waals surface area contributed by atoms with Gasteiger partial charge in [-0.2, -0.15) is 0 Å². The molecule has 0 bridgehead atoms. The number of anilines is 2. The standard InChI is InChI=1S/C15H19N3O2S/c1-4-16-15-10-13(8-9-17-15)21(19,20)18-14-7-5-6-11(2)12(14)3/h5-10,18H,4H2,1-3H3,(H,16,17). The van der Waals surface area contributed by atoms with E-state index in [2.05, 4.69) is 15.0 Å². The van der Waals surface area contributed by atoms with Crippen LogP contribution in [0.1, 0.15) is 18.1 Å². The number of pyridine rings is 1. The summed E-state index contributed by atoms with van der Waals surface area (Å²) in [6.07, 6.45) is 1.48. The summed E-state index contributed by atoms with van der Waals surface area (Å²) in [5, 5.41) is 3.00. The molecule has 0 spiro atoms. The summed E-state index contributed by atoms with van der Waals surface area (Å²) in [6.45, 7) is 6.45. The van der Waals surface area contributed by atoms with E-state index in [-0.39, 0.29) is 4.90 Å². The minimum atomic E-state index is -3.62. The van der Waals surface area contributed by atoms with Crippen LogP contribution < -0.4 is 10.0 Å². The van der Waals surface area contributed by atoms with Crippen molar-refractivity contribution in [3.05, 3.63) is 47.7 Å². The Bertz CT molecular complexity index is 742. The summed E-state index contributed by atoms with van der Waals surface area (Å²) in [5.74, 6) is 0.543. The Labute approximate surface area is 125 Å². The molecule has 0 amide bonds. The average Bonchev–Trinajstić information content (AvgIpc) is 2.44. The van der Waals surface area contributed by atoms with Crippen LogP contribution in [0.25, 0.3) is 0 Å². The molecular weight excluding hydrogens is 286 g/mol. The van der Waals surface area contributed by atoms with Crippen molar-refractivity contribution in [1.82, 2.24) is 4.98 Å². The fraction of sp³-hybridized carbons (Fsp3) is 0.267. The Morgan fingerprint density at radius 1 is 1.19 bits per heavy atom. The van der Waals surface area contributed by atoms with Crippen molar-refractivity contribution >= 4 is 21.5 Å². The van der Waals surface area contributed by atoms with Gasteiger partial charge in [0.05, 0.1) is 10.6 Å². The van der Waals surface area contributed by atoms with E-state index in [4.69, 9.17) is 0 Å². The van der Waals surface area contributed by atoms with Crippen LogP contribution in [-0.4, -0.2) is 19.9 Å². The highest BCUT2D eigenvalue weighted by Crippen LogP contribution is 2.22. The van der Waals surface area contributed by atoms with Crippen LogP contribution >= 0.6 is 0 Å². The first-order valence-electron chi connectivity index (χ1n) is 6.73. The predicted molar refractivity (Wildman–Crippen MR) is 85.1 cm³/mol. The third-order valence-electron chi connectivity index (χ3n) is 3.25. The van der Waals surface area contributed by atoms with E-state index < -0.39 is 10.0 Å². The van der Waals surface area contributed by atoms with Gasteiger partial charge in [0.2, 0.25) is 0 Å². The van der Waals surface area contributed by atoms with Gasteiger partial charge in [0.15, 0.2) is 0 Å². The smallest absolute Gasteiger partial charge is 0.262 e. The lowest BCUT2D eigenvalue weighted by Crippen LogP contribution is -2.14. The molecule has 0 aliphatic carbocycles. The number of benzene rings is 1. The van der Waals surface area contributed by atoms with Crippen molar-refractivity contribution in [3.8, 4) is 0 Å². The SMILES string of the molecule is CCNc1cc(S(=O)(=O)Nc2cccc(C)c2C)ccn1. The Morgan fingerprint density at radius 3 is 2.67 bits per heavy atom. The first-order valence-corrected chi connectivity index (χ1v) is 8.21. The Morgan fingerprint density at radius 2 is 1.95 bits per heavy atom. The average molecular weight is 305 g/mol. The highest BCUT2D eigenvalue weighted by atomic mass is 32.2. The summed E-state index contributed by atoms with van der Waals surface area (Å²) in [4.78, 5) is 4.27. The molecule has 21 heavy (non-hydrogen) atoms. The number of aryl methyl sites for hydroxylation is 1. The lowest BCUT2D eigenvalue weighted by molar-refractivity contribution is 0.601. The van der Waals surface area contributed by atoms with Gasteiger partial charge < -0.3 is 5.32 Å². The van der Waals surface area contributed by atoms with Crippen molar-refractivity contribution < 1.29 is 8.42 Å². The first kappa shape index (κ1) is 15.3. The number of nitrogens with zero attached hydrogens (tertiary/aromatic N) is 1. The quantitative estimate of drug-likeness (QED) is 0.891. The molecule has 2 N–H and O–H groups in total. The molecule has 1 heterocycles. The maximum atomic E-state index is 12.5. The van der Waals surface area contributed by atoms with Gasteiger partial charge in [-0.3, -0.25) is 4.72 Å². The largest absolute Gasteiger partial charge is 0.370 e. The van der Waals surface area contributed by atoms with Gasteiger partial charge in [0.25, 0.3) is 10.0 Å². The van der Waals surface area contributed by atoms with Crippen LogP contribution in [0.2, 0.25) is 0 Å². The van der Waals surface area contributed by atoms with Gasteiger partial charge in [-0.15, -0.1) is 0 Å². The topological polar surface area (TPSA) is 71.1 Å². The summed E-state index contributed by atoms with van der Waals surface area (Å²) in [5.41, 5.74) is 2.55. The van der Waals surface area contributed by atoms with Crippen LogP contribution in [0.3, 0.4) is 0 Å². The zero-order valence-electron chi connectivity index (χ0n) is 12.3. The zero-order valence-corrected chi connectivity index (χ0v) is 13.2. The molecule has 2 aromatic rings. The van der Waals surface area contributed by atoms with Crippen molar-refractivity contribution in [3.63, 3.8) is 0 Å². The Hall–Kier alpha value is -2.08. The van der Waals surface area contributed by atoms with E-state index in [9.17, 15) is 8.42 Å². The summed E-state index contributed by atoms with van der Waals surface area (Å²) in [7, 11) is -3.62. The minimum absolute atomic E-state index is 0.189. The number of nitrogens with one attached hydrogen (secondary N) is 2. The molecule has 5 nitrogen and oxygen atoms in total. The number of aromatic nitrogens is 1. The van der Waals surface area contributed by atoms with E-state index in [0.717, 1.165) is 11.1 Å². The maximum absolute atomic E-state index is 12.5. The van der Waals surface area contributed by atoms with Gasteiger partial charge in [-0.05, 0) is 44.0 Å². The fourth-order valence-electron chi connectivity index (χ4n) is 1.92. The third-order valence-corrected chi connectivity index (χ3v) is 4.61. The van der Waals surface area contributed by atoms with Crippen LogP contribution in [0.15, 0.2) is 41.4 Å². The molecule has 0 saturated heterocycles. The molecule has 0 aliphatic rings. The predicted octanol–water partition coefficient (Wildman–Crippen LogP) is 2.93. The monoisotopic (exact) mass is 305 g/mol. The molecule has 1 aromatic carbocycles. The lowest BCUT2D eigenvalue weighted by atomic mass is 10.1. The van der Waals surface area contributed by atoms with E-state index >= 15 is 0 Å². The zero-order chi connectivity index (χ0) is 15.5. The summed E-state index contributed by atoms with van der Waals surface area (Å²) < 4.78 is 27.5. The fourth-order valence-corrected chi connectivity index (χ4v) is 3.06. The second-order valence-corrected chi connectivity index (χ2v) is 6.44. The lowest BCUT2D eigenvalue weighted by Gasteiger charge is -2.12. The summed E-state index contributed by atoms with van der Waals surface area (Å²) in [6, 6.07) is 8.54. The van der Waals surface area contributed by atoms with Crippen LogP contribution in [0, 0.1) is 13.8 Å². The number of sulfonamides is 1. The molecule has 2 rings (SSSR count). The second-order valence-electron chi connectivity index (χ2n) is 4.76. The highest BCUT2D eigenvalue weighted by molar-refractivity contribution is 7.92. The second kappa shape index (κ2) is 6.13. The van der Waals surface area contributed by atoms with Crippen molar-refractivity contribution in [2.75, 3.05) is 16.6 Å². The molecule has 0 fully saturated rings. The van der Waals surface area contributed by atoms with Gasteiger partial charge in [0.1, 0.15) is 5.82 Å². The van der Waals surface area contributed by atoms with E-state index in [0.29, 0.717) is 18.1 Å². The minimum Gasteiger partial charge on any atom is -0.370 e. The first-order chi connectivity index (χ1) is 9.94. The molecular formula is C15H19N3O2S. The molecule has 112 valence electrons. The van der Waals surface area contributed by atoms with Crippen molar-refractivity contribution in [2.45, 2.75) is 25.7 Å². The normalized spacial score (nSPS) is 11.2. The van der Waals surface area contributed by atoms with E-state index in [1.54, 1.807) is 6.07 Å². The van der Waals surface area contributed by atoms with Crippen LogP contribution in [-0.2, 0) is 10.0 Å².